The molecule has 1 atom stereocenters. The Labute approximate surface area is 109 Å². The van der Waals surface area contributed by atoms with Crippen molar-refractivity contribution in [2.75, 3.05) is 17.2 Å². The number of nitrogens with two attached hydrogens (primary N) is 1. The summed E-state index contributed by atoms with van der Waals surface area (Å²) in [6.45, 7) is 0.254. The predicted molar refractivity (Wildman–Crippen MR) is 65.5 cm³/mol. The highest BCUT2D eigenvalue weighted by molar-refractivity contribution is 7.89. The molecule has 0 aromatic carbocycles. The Hall–Kier alpha value is -1.25. The number of halogens is 1. The van der Waals surface area contributed by atoms with Crippen molar-refractivity contribution in [3.05, 3.63) is 17.5 Å². The lowest BCUT2D eigenvalue weighted by atomic mass is 10.1. The third kappa shape index (κ3) is 3.15. The monoisotopic (exact) mass is 290 g/mol. The summed E-state index contributed by atoms with van der Waals surface area (Å²) >= 11 is 5.69. The minimum atomic E-state index is -3.59. The molecule has 2 heterocycles. The summed E-state index contributed by atoms with van der Waals surface area (Å²) in [6.07, 6.45) is 2.89. The van der Waals surface area contributed by atoms with Gasteiger partial charge >= 0.3 is 0 Å². The first-order valence-electron chi connectivity index (χ1n) is 5.13. The lowest BCUT2D eigenvalue weighted by Crippen LogP contribution is -2.28. The maximum absolute atomic E-state index is 11.8. The molecular formula is C9H11ClN4O3S. The van der Waals surface area contributed by atoms with E-state index < -0.39 is 10.0 Å². The van der Waals surface area contributed by atoms with E-state index >= 15 is 0 Å². The average molecular weight is 291 g/mol. The van der Waals surface area contributed by atoms with E-state index in [0.29, 0.717) is 5.82 Å². The average Bonchev–Trinajstić information content (AvgIpc) is 2.56. The molecule has 0 aliphatic carbocycles. The van der Waals surface area contributed by atoms with Crippen LogP contribution in [0.3, 0.4) is 0 Å². The van der Waals surface area contributed by atoms with Crippen LogP contribution in [0.1, 0.15) is 6.42 Å². The number of carbonyl (C=O) groups excluding carboxylic acids is 1. The van der Waals surface area contributed by atoms with E-state index in [1.165, 1.54) is 17.3 Å². The zero-order valence-electron chi connectivity index (χ0n) is 9.28. The fourth-order valence-corrected chi connectivity index (χ4v) is 2.93. The number of hydrogen-bond donors (Lipinski definition) is 1. The fourth-order valence-electron chi connectivity index (χ4n) is 1.91. The number of carbonyl (C=O) groups is 1. The number of hydrogen-bond acceptors (Lipinski definition) is 5. The van der Waals surface area contributed by atoms with Gasteiger partial charge in [-0.05, 0) is 0 Å². The first kappa shape index (κ1) is 13.2. The molecule has 1 aliphatic rings. The van der Waals surface area contributed by atoms with Gasteiger partial charge in [-0.25, -0.2) is 18.5 Å². The van der Waals surface area contributed by atoms with E-state index in [1.54, 1.807) is 0 Å². The maximum atomic E-state index is 11.8. The number of aromatic nitrogens is 2. The second-order valence-electron chi connectivity index (χ2n) is 4.10. The van der Waals surface area contributed by atoms with Gasteiger partial charge in [-0.15, -0.1) is 0 Å². The molecule has 0 saturated carbocycles. The largest absolute Gasteiger partial charge is 0.295 e. The zero-order valence-corrected chi connectivity index (χ0v) is 10.9. The molecule has 9 heteroatoms. The molecular weight excluding hydrogens is 280 g/mol. The van der Waals surface area contributed by atoms with Gasteiger partial charge in [0.25, 0.3) is 0 Å². The first-order chi connectivity index (χ1) is 8.35. The number of anilines is 1. The molecule has 1 aromatic rings. The number of amides is 1. The van der Waals surface area contributed by atoms with Crippen molar-refractivity contribution in [3.8, 4) is 0 Å². The quantitative estimate of drug-likeness (QED) is 0.827. The van der Waals surface area contributed by atoms with Crippen LogP contribution in [-0.2, 0) is 14.8 Å². The van der Waals surface area contributed by atoms with Crippen molar-refractivity contribution < 1.29 is 13.2 Å². The van der Waals surface area contributed by atoms with Crippen LogP contribution in [0, 0.1) is 5.92 Å². The van der Waals surface area contributed by atoms with Crippen molar-refractivity contribution in [3.63, 3.8) is 0 Å². The smallest absolute Gasteiger partial charge is 0.228 e. The van der Waals surface area contributed by atoms with E-state index in [-0.39, 0.29) is 35.7 Å². The van der Waals surface area contributed by atoms with E-state index in [1.807, 2.05) is 0 Å². The molecule has 98 valence electrons. The first-order valence-corrected chi connectivity index (χ1v) is 7.23. The van der Waals surface area contributed by atoms with Gasteiger partial charge in [-0.3, -0.25) is 14.7 Å². The van der Waals surface area contributed by atoms with Crippen LogP contribution in [0.25, 0.3) is 0 Å². The minimum Gasteiger partial charge on any atom is -0.295 e. The lowest BCUT2D eigenvalue weighted by Gasteiger charge is -2.14. The Bertz CT molecular complexity index is 577. The summed E-state index contributed by atoms with van der Waals surface area (Å²) in [5, 5.41) is 5.14. The standard InChI is InChI=1S/C9H11ClN4O3S/c10-7-2-12-3-8(13-7)14-4-6(1-9(14)15)5-18(11,16)17/h2-3,6H,1,4-5H2,(H2,11,16,17). The summed E-state index contributed by atoms with van der Waals surface area (Å²) < 4.78 is 22.0. The maximum Gasteiger partial charge on any atom is 0.228 e. The molecule has 2 rings (SSSR count). The molecule has 18 heavy (non-hydrogen) atoms. The van der Waals surface area contributed by atoms with E-state index in [2.05, 4.69) is 9.97 Å². The molecule has 1 aromatic heterocycles. The summed E-state index contributed by atoms with van der Waals surface area (Å²) in [4.78, 5) is 20.9. The molecule has 0 spiro atoms. The van der Waals surface area contributed by atoms with Crippen molar-refractivity contribution in [2.45, 2.75) is 6.42 Å². The zero-order chi connectivity index (χ0) is 13.3. The number of sulfonamides is 1. The van der Waals surface area contributed by atoms with Crippen LogP contribution in [0.2, 0.25) is 5.15 Å². The SMILES string of the molecule is NS(=O)(=O)CC1CC(=O)N(c2cncc(Cl)n2)C1. The number of primary sulfonamides is 1. The van der Waals surface area contributed by atoms with Gasteiger partial charge in [0, 0.05) is 18.9 Å². The third-order valence-electron chi connectivity index (χ3n) is 2.54. The van der Waals surface area contributed by atoms with Gasteiger partial charge in [-0.1, -0.05) is 11.6 Å². The highest BCUT2D eigenvalue weighted by Crippen LogP contribution is 2.24. The van der Waals surface area contributed by atoms with Crippen LogP contribution >= 0.6 is 11.6 Å². The molecule has 2 N–H and O–H groups in total. The summed E-state index contributed by atoms with van der Waals surface area (Å²) in [5.74, 6) is -0.429. The topological polar surface area (TPSA) is 106 Å². The Morgan fingerprint density at radius 1 is 1.50 bits per heavy atom. The summed E-state index contributed by atoms with van der Waals surface area (Å²) in [6, 6.07) is 0. The second-order valence-corrected chi connectivity index (χ2v) is 6.15. The van der Waals surface area contributed by atoms with Gasteiger partial charge in [0.05, 0.1) is 18.1 Å². The van der Waals surface area contributed by atoms with Crippen LogP contribution in [-0.4, -0.2) is 36.6 Å². The Balaban J connectivity index is 2.15. The van der Waals surface area contributed by atoms with Crippen LogP contribution < -0.4 is 10.0 Å². The van der Waals surface area contributed by atoms with Gasteiger partial charge in [-0.2, -0.15) is 0 Å². The van der Waals surface area contributed by atoms with Crippen molar-refractivity contribution in [2.24, 2.45) is 11.1 Å². The third-order valence-corrected chi connectivity index (χ3v) is 3.66. The van der Waals surface area contributed by atoms with Crippen molar-refractivity contribution in [1.29, 1.82) is 0 Å². The molecule has 0 bridgehead atoms. The normalized spacial score (nSPS) is 20.4. The summed E-state index contributed by atoms with van der Waals surface area (Å²) in [5.41, 5.74) is 0. The number of nitrogens with zero attached hydrogens (tertiary/aromatic N) is 3. The van der Waals surface area contributed by atoms with Gasteiger partial charge in [0.15, 0.2) is 5.82 Å². The summed E-state index contributed by atoms with van der Waals surface area (Å²) in [7, 11) is -3.59. The molecule has 1 aliphatic heterocycles. The van der Waals surface area contributed by atoms with Crippen LogP contribution in [0.5, 0.6) is 0 Å². The molecule has 1 amide bonds. The fraction of sp³-hybridized carbons (Fsp3) is 0.444. The van der Waals surface area contributed by atoms with E-state index in [0.717, 1.165) is 0 Å². The van der Waals surface area contributed by atoms with Gasteiger partial charge in [0.1, 0.15) is 5.15 Å². The Morgan fingerprint density at radius 2 is 2.22 bits per heavy atom. The molecule has 7 nitrogen and oxygen atoms in total. The van der Waals surface area contributed by atoms with Crippen molar-refractivity contribution in [1.82, 2.24) is 9.97 Å². The van der Waals surface area contributed by atoms with Crippen molar-refractivity contribution >= 4 is 33.3 Å². The van der Waals surface area contributed by atoms with Crippen LogP contribution in [0.4, 0.5) is 5.82 Å². The highest BCUT2D eigenvalue weighted by atomic mass is 35.5. The van der Waals surface area contributed by atoms with Gasteiger partial charge in [0.2, 0.25) is 15.9 Å². The van der Waals surface area contributed by atoms with Gasteiger partial charge < -0.3 is 0 Å². The minimum absolute atomic E-state index is 0.130. The van der Waals surface area contributed by atoms with E-state index in [9.17, 15) is 13.2 Å². The Morgan fingerprint density at radius 3 is 2.83 bits per heavy atom. The molecule has 1 fully saturated rings. The van der Waals surface area contributed by atoms with Crippen LogP contribution in [0.15, 0.2) is 12.4 Å². The lowest BCUT2D eigenvalue weighted by molar-refractivity contribution is -0.117. The van der Waals surface area contributed by atoms with E-state index in [4.69, 9.17) is 16.7 Å². The molecule has 1 unspecified atom stereocenters. The number of rotatable bonds is 3. The molecule has 1 saturated heterocycles. The second kappa shape index (κ2) is 4.79. The predicted octanol–water partition coefficient (Wildman–Crippen LogP) is -0.229. The molecule has 0 radical (unpaired) electrons. The Kier molecular flexibility index (Phi) is 3.51. The highest BCUT2D eigenvalue weighted by Gasteiger charge is 2.33.